The van der Waals surface area contributed by atoms with E-state index in [1.54, 1.807) is 24.3 Å². The van der Waals surface area contributed by atoms with Crippen LogP contribution in [-0.4, -0.2) is 14.7 Å². The molecule has 0 saturated carbocycles. The number of para-hydroxylation sites is 1. The Hall–Kier alpha value is -3.66. The number of fused-ring (bicyclic) bond motifs is 4. The Morgan fingerprint density at radius 2 is 1.54 bits per heavy atom. The van der Waals surface area contributed by atoms with Gasteiger partial charge in [0.25, 0.3) is 0 Å². The molecule has 0 unspecified atom stereocenters. The molecule has 0 spiro atoms. The number of aromatic nitrogens is 2. The first-order valence-electron chi connectivity index (χ1n) is 8.35. The highest BCUT2D eigenvalue weighted by Gasteiger charge is 2.18. The van der Waals surface area contributed by atoms with E-state index < -0.39 is 0 Å². The quantitative estimate of drug-likeness (QED) is 0.365. The highest BCUT2D eigenvalue weighted by atomic mass is 16.3. The van der Waals surface area contributed by atoms with E-state index in [0.717, 1.165) is 33.5 Å². The van der Waals surface area contributed by atoms with Crippen molar-refractivity contribution in [2.24, 2.45) is 0 Å². The van der Waals surface area contributed by atoms with Gasteiger partial charge in [-0.1, -0.05) is 42.5 Å². The maximum atomic E-state index is 12.7. The SMILES string of the molecule is O=c1cc2n(-c3ccccc3)c3cc(O)ccc3nc-2c2ccccc12. The van der Waals surface area contributed by atoms with E-state index in [0.29, 0.717) is 5.39 Å². The first-order chi connectivity index (χ1) is 12.7. The second-order valence-corrected chi connectivity index (χ2v) is 6.24. The van der Waals surface area contributed by atoms with Crippen molar-refractivity contribution < 1.29 is 5.11 Å². The normalized spacial score (nSPS) is 11.4. The fourth-order valence-electron chi connectivity index (χ4n) is 3.49. The summed E-state index contributed by atoms with van der Waals surface area (Å²) in [6.07, 6.45) is 0. The molecule has 2 aliphatic rings. The molecule has 26 heavy (non-hydrogen) atoms. The standard InChI is InChI=1S/C22H14N2O2/c25-15-10-11-18-19(12-15)24(14-6-2-1-3-7-14)20-13-21(26)16-8-4-5-9-17(16)22(20)23-18/h1-13,25H. The van der Waals surface area contributed by atoms with Crippen molar-refractivity contribution in [3.63, 3.8) is 0 Å². The van der Waals surface area contributed by atoms with Crippen LogP contribution in [0.1, 0.15) is 0 Å². The number of hydrogen-bond acceptors (Lipinski definition) is 3. The van der Waals surface area contributed by atoms with Crippen LogP contribution in [0.3, 0.4) is 0 Å². The maximum absolute atomic E-state index is 12.7. The highest BCUT2D eigenvalue weighted by Crippen LogP contribution is 2.33. The monoisotopic (exact) mass is 338 g/mol. The molecular weight excluding hydrogens is 324 g/mol. The molecule has 1 heterocycles. The molecule has 0 amide bonds. The van der Waals surface area contributed by atoms with Crippen LogP contribution in [-0.2, 0) is 0 Å². The second-order valence-electron chi connectivity index (χ2n) is 6.24. The summed E-state index contributed by atoms with van der Waals surface area (Å²) in [5.74, 6) is 0.159. The Morgan fingerprint density at radius 1 is 0.808 bits per heavy atom. The lowest BCUT2D eigenvalue weighted by molar-refractivity contribution is 0.476. The zero-order chi connectivity index (χ0) is 17.7. The van der Waals surface area contributed by atoms with Crippen molar-refractivity contribution in [2.75, 3.05) is 0 Å². The number of phenols is 1. The van der Waals surface area contributed by atoms with Crippen LogP contribution in [0.5, 0.6) is 5.75 Å². The topological polar surface area (TPSA) is 55.1 Å². The summed E-state index contributed by atoms with van der Waals surface area (Å²) in [5.41, 5.74) is 3.85. The largest absolute Gasteiger partial charge is 0.508 e. The number of benzene rings is 4. The van der Waals surface area contributed by atoms with Crippen molar-refractivity contribution in [2.45, 2.75) is 0 Å². The fourth-order valence-corrected chi connectivity index (χ4v) is 3.49. The molecule has 4 heteroatoms. The van der Waals surface area contributed by atoms with Crippen molar-refractivity contribution >= 4 is 21.8 Å². The maximum Gasteiger partial charge on any atom is 0.188 e. The lowest BCUT2D eigenvalue weighted by Crippen LogP contribution is -2.11. The van der Waals surface area contributed by atoms with Gasteiger partial charge < -0.3 is 9.67 Å². The van der Waals surface area contributed by atoms with Crippen LogP contribution in [0.2, 0.25) is 0 Å². The summed E-state index contributed by atoms with van der Waals surface area (Å²) < 4.78 is 1.98. The van der Waals surface area contributed by atoms with Gasteiger partial charge in [0.05, 0.1) is 22.4 Å². The Balaban J connectivity index is 2.07. The zero-order valence-electron chi connectivity index (χ0n) is 13.8. The number of nitrogens with zero attached hydrogens (tertiary/aromatic N) is 2. The van der Waals surface area contributed by atoms with Crippen molar-refractivity contribution in [1.29, 1.82) is 0 Å². The van der Waals surface area contributed by atoms with E-state index >= 15 is 0 Å². The molecule has 3 aromatic rings. The van der Waals surface area contributed by atoms with Crippen LogP contribution in [0.4, 0.5) is 0 Å². The van der Waals surface area contributed by atoms with Crippen LogP contribution < -0.4 is 5.43 Å². The van der Waals surface area contributed by atoms with E-state index in [9.17, 15) is 9.90 Å². The van der Waals surface area contributed by atoms with Crippen molar-refractivity contribution in [3.8, 4) is 22.8 Å². The van der Waals surface area contributed by atoms with Crippen LogP contribution in [0.25, 0.3) is 38.9 Å². The second kappa shape index (κ2) is 5.43. The molecule has 124 valence electrons. The zero-order valence-corrected chi connectivity index (χ0v) is 13.8. The summed E-state index contributed by atoms with van der Waals surface area (Å²) in [6.45, 7) is 0. The number of aromatic hydroxyl groups is 1. The smallest absolute Gasteiger partial charge is 0.188 e. The molecular formula is C22H14N2O2. The minimum absolute atomic E-state index is 0.0425. The Kier molecular flexibility index (Phi) is 3.06. The molecule has 0 bridgehead atoms. The lowest BCUT2D eigenvalue weighted by Gasteiger charge is -2.20. The minimum atomic E-state index is -0.0425. The molecule has 0 radical (unpaired) electrons. The van der Waals surface area contributed by atoms with Gasteiger partial charge in [-0.2, -0.15) is 0 Å². The molecule has 1 N–H and O–H groups in total. The number of hydrogen-bond donors (Lipinski definition) is 1. The molecule has 0 fully saturated rings. The molecule has 0 saturated heterocycles. The molecule has 5 rings (SSSR count). The number of rotatable bonds is 1. The summed E-state index contributed by atoms with van der Waals surface area (Å²) in [5, 5.41) is 11.5. The Bertz CT molecular complexity index is 1310. The van der Waals surface area contributed by atoms with Crippen LogP contribution in [0.15, 0.2) is 83.7 Å². The molecule has 3 aromatic carbocycles. The summed E-state index contributed by atoms with van der Waals surface area (Å²) in [4.78, 5) is 17.5. The van der Waals surface area contributed by atoms with Crippen molar-refractivity contribution in [1.82, 2.24) is 9.55 Å². The van der Waals surface area contributed by atoms with E-state index in [-0.39, 0.29) is 11.2 Å². The van der Waals surface area contributed by atoms with Crippen molar-refractivity contribution in [3.05, 3.63) is 89.1 Å². The molecule has 1 aliphatic carbocycles. The average Bonchev–Trinajstić information content (AvgIpc) is 2.68. The Morgan fingerprint density at radius 3 is 2.35 bits per heavy atom. The van der Waals surface area contributed by atoms with Gasteiger partial charge in [0.15, 0.2) is 5.43 Å². The van der Waals surface area contributed by atoms with Gasteiger partial charge in [-0.05, 0) is 24.3 Å². The molecule has 0 atom stereocenters. The predicted octanol–water partition coefficient (Wildman–Crippen LogP) is 4.35. The third-order valence-electron chi connectivity index (χ3n) is 4.65. The molecule has 1 aliphatic heterocycles. The Labute approximate surface area is 148 Å². The molecule has 0 aromatic heterocycles. The number of phenolic OH excluding ortho intramolecular Hbond substituents is 1. The van der Waals surface area contributed by atoms with Gasteiger partial charge in [-0.15, -0.1) is 0 Å². The van der Waals surface area contributed by atoms with E-state index in [4.69, 9.17) is 4.98 Å². The summed E-state index contributed by atoms with van der Waals surface area (Å²) in [6, 6.07) is 24.0. The van der Waals surface area contributed by atoms with Crippen LogP contribution in [0, 0.1) is 0 Å². The van der Waals surface area contributed by atoms with Crippen LogP contribution >= 0.6 is 0 Å². The third kappa shape index (κ3) is 2.09. The predicted molar refractivity (Wildman–Crippen MR) is 103 cm³/mol. The molecule has 4 nitrogen and oxygen atoms in total. The van der Waals surface area contributed by atoms with E-state index in [1.165, 1.54) is 0 Å². The van der Waals surface area contributed by atoms with Gasteiger partial charge in [-0.3, -0.25) is 4.79 Å². The van der Waals surface area contributed by atoms with Gasteiger partial charge in [0.1, 0.15) is 5.75 Å². The summed E-state index contributed by atoms with van der Waals surface area (Å²) in [7, 11) is 0. The van der Waals surface area contributed by atoms with E-state index in [1.807, 2.05) is 59.2 Å². The first-order valence-corrected chi connectivity index (χ1v) is 8.35. The van der Waals surface area contributed by atoms with Gasteiger partial charge >= 0.3 is 0 Å². The van der Waals surface area contributed by atoms with E-state index in [2.05, 4.69) is 0 Å². The average molecular weight is 338 g/mol. The van der Waals surface area contributed by atoms with Gasteiger partial charge in [-0.25, -0.2) is 4.98 Å². The minimum Gasteiger partial charge on any atom is -0.508 e. The van der Waals surface area contributed by atoms with Gasteiger partial charge in [0.2, 0.25) is 0 Å². The van der Waals surface area contributed by atoms with Gasteiger partial charge in [0, 0.05) is 28.6 Å². The lowest BCUT2D eigenvalue weighted by atomic mass is 10.0. The first kappa shape index (κ1) is 14.7. The summed E-state index contributed by atoms with van der Waals surface area (Å²) >= 11 is 0. The fraction of sp³-hybridized carbons (Fsp3) is 0. The highest BCUT2D eigenvalue weighted by molar-refractivity contribution is 5.98. The third-order valence-corrected chi connectivity index (χ3v) is 4.65.